The number of thiophene rings is 1. The van der Waals surface area contributed by atoms with Gasteiger partial charge in [0.2, 0.25) is 10.0 Å². The van der Waals surface area contributed by atoms with E-state index in [1.165, 1.54) is 15.8 Å². The van der Waals surface area contributed by atoms with Crippen molar-refractivity contribution in [2.75, 3.05) is 13.1 Å². The quantitative estimate of drug-likeness (QED) is 0.929. The lowest BCUT2D eigenvalue weighted by molar-refractivity contribution is 0.0698. The predicted molar refractivity (Wildman–Crippen MR) is 73.1 cm³/mol. The van der Waals surface area contributed by atoms with Gasteiger partial charge in [-0.2, -0.15) is 4.31 Å². The molecule has 1 aromatic heterocycles. The van der Waals surface area contributed by atoms with E-state index in [1.54, 1.807) is 0 Å². The molecule has 2 heterocycles. The molecule has 1 fully saturated rings. The summed E-state index contributed by atoms with van der Waals surface area (Å²) in [6.45, 7) is 3.06. The Morgan fingerprint density at radius 2 is 2.16 bits per heavy atom. The third-order valence-electron chi connectivity index (χ3n) is 3.42. The Bertz CT molecular complexity index is 564. The number of hydrogen-bond acceptors (Lipinski definition) is 4. The number of carboxylic acids is 1. The molecule has 1 aromatic rings. The average Bonchev–Trinajstić information content (AvgIpc) is 2.73. The molecule has 106 valence electrons. The van der Waals surface area contributed by atoms with Crippen LogP contribution in [-0.2, 0) is 10.0 Å². The van der Waals surface area contributed by atoms with Crippen molar-refractivity contribution in [3.63, 3.8) is 0 Å². The van der Waals surface area contributed by atoms with Crippen LogP contribution in [0.15, 0.2) is 16.3 Å². The molecule has 5 nitrogen and oxygen atoms in total. The standard InChI is InChI=1S/C12H17NO4S2/c1-9-3-2-6-13(7-4-9)19(16,17)10-5-8-18-11(10)12(14)15/h5,8-9H,2-4,6-7H2,1H3,(H,14,15). The SMILES string of the molecule is CC1CCCN(S(=O)(=O)c2ccsc2C(=O)O)CC1. The number of sulfonamides is 1. The van der Waals surface area contributed by atoms with Crippen molar-refractivity contribution < 1.29 is 18.3 Å². The third-order valence-corrected chi connectivity index (χ3v) is 6.39. The lowest BCUT2D eigenvalue weighted by Crippen LogP contribution is -2.32. The Morgan fingerprint density at radius 3 is 2.84 bits per heavy atom. The predicted octanol–water partition coefficient (Wildman–Crippen LogP) is 2.26. The van der Waals surface area contributed by atoms with Crippen molar-refractivity contribution in [1.82, 2.24) is 4.31 Å². The molecule has 7 heteroatoms. The van der Waals surface area contributed by atoms with E-state index in [-0.39, 0.29) is 9.77 Å². The van der Waals surface area contributed by atoms with E-state index >= 15 is 0 Å². The molecule has 0 bridgehead atoms. The molecule has 1 saturated heterocycles. The second kappa shape index (κ2) is 5.60. The first kappa shape index (κ1) is 14.5. The van der Waals surface area contributed by atoms with Crippen LogP contribution in [0, 0.1) is 5.92 Å². The Morgan fingerprint density at radius 1 is 1.42 bits per heavy atom. The number of carbonyl (C=O) groups is 1. The topological polar surface area (TPSA) is 74.7 Å². The van der Waals surface area contributed by atoms with E-state index in [1.807, 2.05) is 0 Å². The fourth-order valence-corrected chi connectivity index (χ4v) is 5.00. The number of hydrogen-bond donors (Lipinski definition) is 1. The Balaban J connectivity index is 2.31. The van der Waals surface area contributed by atoms with Crippen LogP contribution in [0.25, 0.3) is 0 Å². The minimum Gasteiger partial charge on any atom is -0.477 e. The van der Waals surface area contributed by atoms with Crippen molar-refractivity contribution in [3.8, 4) is 0 Å². The van der Waals surface area contributed by atoms with Gasteiger partial charge in [-0.1, -0.05) is 6.92 Å². The molecule has 0 aliphatic carbocycles. The van der Waals surface area contributed by atoms with Crippen molar-refractivity contribution >= 4 is 27.3 Å². The van der Waals surface area contributed by atoms with Gasteiger partial charge in [0.15, 0.2) is 0 Å². The summed E-state index contributed by atoms with van der Waals surface area (Å²) in [4.78, 5) is 10.9. The molecule has 1 unspecified atom stereocenters. The van der Waals surface area contributed by atoms with Crippen LogP contribution in [0.1, 0.15) is 35.9 Å². The molecule has 0 amide bonds. The highest BCUT2D eigenvalue weighted by molar-refractivity contribution is 7.89. The molecule has 1 aliphatic rings. The second-order valence-electron chi connectivity index (χ2n) is 4.86. The minimum absolute atomic E-state index is 0.0699. The molecule has 0 saturated carbocycles. The summed E-state index contributed by atoms with van der Waals surface area (Å²) in [7, 11) is -3.68. The zero-order chi connectivity index (χ0) is 14.0. The smallest absolute Gasteiger partial charge is 0.347 e. The van der Waals surface area contributed by atoms with Crippen molar-refractivity contribution in [2.45, 2.75) is 31.1 Å². The first-order valence-electron chi connectivity index (χ1n) is 6.24. The number of aromatic carboxylic acids is 1. The first-order valence-corrected chi connectivity index (χ1v) is 8.56. The third kappa shape index (κ3) is 2.98. The monoisotopic (exact) mass is 303 g/mol. The summed E-state index contributed by atoms with van der Waals surface area (Å²) in [5, 5.41) is 10.6. The highest BCUT2D eigenvalue weighted by Crippen LogP contribution is 2.27. The lowest BCUT2D eigenvalue weighted by atomic mass is 10.0. The summed E-state index contributed by atoms with van der Waals surface area (Å²) in [6, 6.07) is 1.39. The van der Waals surface area contributed by atoms with Gasteiger partial charge >= 0.3 is 5.97 Å². The summed E-state index contributed by atoms with van der Waals surface area (Å²) in [6.07, 6.45) is 2.67. The molecule has 2 rings (SSSR count). The first-order chi connectivity index (χ1) is 8.93. The maximum atomic E-state index is 12.5. The molecular weight excluding hydrogens is 286 g/mol. The average molecular weight is 303 g/mol. The Labute approximate surface area is 116 Å². The zero-order valence-electron chi connectivity index (χ0n) is 10.7. The molecule has 1 atom stereocenters. The molecule has 1 aliphatic heterocycles. The zero-order valence-corrected chi connectivity index (χ0v) is 12.3. The normalized spacial score (nSPS) is 22.1. The van der Waals surface area contributed by atoms with Crippen LogP contribution in [0.2, 0.25) is 0 Å². The Kier molecular flexibility index (Phi) is 4.27. The van der Waals surface area contributed by atoms with E-state index in [9.17, 15) is 13.2 Å². The van der Waals surface area contributed by atoms with Crippen LogP contribution in [0.3, 0.4) is 0 Å². The van der Waals surface area contributed by atoms with Gasteiger partial charge in [-0.25, -0.2) is 13.2 Å². The van der Waals surface area contributed by atoms with E-state index in [2.05, 4.69) is 6.92 Å². The number of rotatable bonds is 3. The maximum absolute atomic E-state index is 12.5. The van der Waals surface area contributed by atoms with Crippen LogP contribution < -0.4 is 0 Å². The van der Waals surface area contributed by atoms with Gasteiger partial charge in [-0.05, 0) is 36.6 Å². The van der Waals surface area contributed by atoms with E-state index in [4.69, 9.17) is 5.11 Å². The lowest BCUT2D eigenvalue weighted by Gasteiger charge is -2.19. The molecule has 0 aromatic carbocycles. The van der Waals surface area contributed by atoms with Gasteiger partial charge in [0.05, 0.1) is 0 Å². The van der Waals surface area contributed by atoms with Gasteiger partial charge in [0, 0.05) is 13.1 Å². The maximum Gasteiger partial charge on any atom is 0.347 e. The van der Waals surface area contributed by atoms with Crippen LogP contribution in [-0.4, -0.2) is 36.9 Å². The van der Waals surface area contributed by atoms with Crippen LogP contribution >= 0.6 is 11.3 Å². The minimum atomic E-state index is -3.68. The van der Waals surface area contributed by atoms with Gasteiger partial charge in [0.25, 0.3) is 0 Å². The van der Waals surface area contributed by atoms with Gasteiger partial charge in [-0.15, -0.1) is 11.3 Å². The number of nitrogens with zero attached hydrogens (tertiary/aromatic N) is 1. The van der Waals surface area contributed by atoms with Crippen molar-refractivity contribution in [1.29, 1.82) is 0 Å². The second-order valence-corrected chi connectivity index (χ2v) is 7.68. The molecule has 0 spiro atoms. The molecular formula is C12H17NO4S2. The van der Waals surface area contributed by atoms with E-state index in [0.29, 0.717) is 19.0 Å². The van der Waals surface area contributed by atoms with Crippen LogP contribution in [0.4, 0.5) is 0 Å². The fourth-order valence-electron chi connectivity index (χ4n) is 2.27. The van der Waals surface area contributed by atoms with Crippen molar-refractivity contribution in [2.24, 2.45) is 5.92 Å². The highest BCUT2D eigenvalue weighted by atomic mass is 32.2. The molecule has 19 heavy (non-hydrogen) atoms. The molecule has 1 N–H and O–H groups in total. The van der Waals surface area contributed by atoms with E-state index in [0.717, 1.165) is 30.6 Å². The Hall–Kier alpha value is -0.920. The summed E-state index contributed by atoms with van der Waals surface area (Å²) in [5.41, 5.74) is 0. The summed E-state index contributed by atoms with van der Waals surface area (Å²) in [5.74, 6) is -0.668. The van der Waals surface area contributed by atoms with Gasteiger partial charge in [-0.3, -0.25) is 0 Å². The van der Waals surface area contributed by atoms with Gasteiger partial charge < -0.3 is 5.11 Å². The summed E-state index contributed by atoms with van der Waals surface area (Å²) < 4.78 is 26.4. The number of carboxylic acid groups (broad SMARTS) is 1. The fraction of sp³-hybridized carbons (Fsp3) is 0.583. The van der Waals surface area contributed by atoms with E-state index < -0.39 is 16.0 Å². The van der Waals surface area contributed by atoms with Crippen LogP contribution in [0.5, 0.6) is 0 Å². The largest absolute Gasteiger partial charge is 0.477 e. The van der Waals surface area contributed by atoms with Gasteiger partial charge in [0.1, 0.15) is 9.77 Å². The molecule has 0 radical (unpaired) electrons. The highest BCUT2D eigenvalue weighted by Gasteiger charge is 2.31. The summed E-state index contributed by atoms with van der Waals surface area (Å²) >= 11 is 0.949. The van der Waals surface area contributed by atoms with Crippen molar-refractivity contribution in [3.05, 3.63) is 16.3 Å².